The minimum absolute atomic E-state index is 0.223. The van der Waals surface area contributed by atoms with Gasteiger partial charge >= 0.3 is 0 Å². The van der Waals surface area contributed by atoms with Gasteiger partial charge in [0.1, 0.15) is 5.75 Å². The lowest BCUT2D eigenvalue weighted by Gasteiger charge is -2.31. The van der Waals surface area contributed by atoms with Crippen molar-refractivity contribution in [1.29, 1.82) is 0 Å². The van der Waals surface area contributed by atoms with E-state index in [9.17, 15) is 4.79 Å². The predicted octanol–water partition coefficient (Wildman–Crippen LogP) is 2.24. The van der Waals surface area contributed by atoms with Crippen molar-refractivity contribution < 1.29 is 14.3 Å². The third-order valence-electron chi connectivity index (χ3n) is 4.57. The molecule has 0 aliphatic carbocycles. The molecular formula is C19H30N2O3. The maximum Gasteiger partial charge on any atom is 0.222 e. The molecule has 0 atom stereocenters. The van der Waals surface area contributed by atoms with E-state index in [0.29, 0.717) is 19.1 Å². The molecule has 1 saturated heterocycles. The van der Waals surface area contributed by atoms with Crippen LogP contribution in [0, 0.1) is 0 Å². The third kappa shape index (κ3) is 6.13. The Balaban J connectivity index is 1.63. The van der Waals surface area contributed by atoms with Crippen LogP contribution in [0.1, 0.15) is 31.2 Å². The van der Waals surface area contributed by atoms with Gasteiger partial charge in [-0.25, -0.2) is 0 Å². The number of nitrogens with zero attached hydrogens (tertiary/aromatic N) is 1. The molecule has 5 nitrogen and oxygen atoms in total. The van der Waals surface area contributed by atoms with Gasteiger partial charge in [0.05, 0.1) is 13.2 Å². The molecule has 1 fully saturated rings. The first-order valence-electron chi connectivity index (χ1n) is 8.87. The Kier molecular flexibility index (Phi) is 8.05. The van der Waals surface area contributed by atoms with E-state index < -0.39 is 0 Å². The van der Waals surface area contributed by atoms with Gasteiger partial charge in [-0.1, -0.05) is 12.1 Å². The first-order chi connectivity index (χ1) is 11.7. The Bertz CT molecular complexity index is 484. The fourth-order valence-electron chi connectivity index (χ4n) is 2.96. The summed E-state index contributed by atoms with van der Waals surface area (Å²) in [4.78, 5) is 14.2. The topological polar surface area (TPSA) is 50.8 Å². The third-order valence-corrected chi connectivity index (χ3v) is 4.57. The molecule has 1 amide bonds. The first kappa shape index (κ1) is 18.7. The summed E-state index contributed by atoms with van der Waals surface area (Å²) in [5.41, 5.74) is 1.24. The van der Waals surface area contributed by atoms with Crippen LogP contribution in [0.3, 0.4) is 0 Å². The normalized spacial score (nSPS) is 15.2. The first-order valence-corrected chi connectivity index (χ1v) is 8.87. The maximum atomic E-state index is 12.2. The summed E-state index contributed by atoms with van der Waals surface area (Å²) in [6.07, 6.45) is 4.31. The van der Waals surface area contributed by atoms with E-state index in [1.165, 1.54) is 5.56 Å². The Morgan fingerprint density at radius 1 is 1.21 bits per heavy atom. The second-order valence-corrected chi connectivity index (χ2v) is 6.32. The Hall–Kier alpha value is -1.59. The van der Waals surface area contributed by atoms with Crippen molar-refractivity contribution in [3.8, 4) is 5.75 Å². The van der Waals surface area contributed by atoms with Gasteiger partial charge in [-0.05, 0) is 56.5 Å². The molecule has 0 unspecified atom stereocenters. The number of carbonyl (C=O) groups excluding carboxylic acids is 1. The minimum atomic E-state index is 0.223. The Morgan fingerprint density at radius 2 is 1.92 bits per heavy atom. The lowest BCUT2D eigenvalue weighted by atomic mass is 10.0. The Morgan fingerprint density at radius 3 is 2.58 bits per heavy atom. The molecule has 0 aromatic heterocycles. The standard InChI is InChI=1S/C19H30N2O3/c1-21(17-9-12-20-13-10-17)19(22)4-3-14-24-18-7-5-16(6-8-18)11-15-23-2/h5-8,17,20H,3-4,9-15H2,1-2H3. The molecule has 1 N–H and O–H groups in total. The fraction of sp³-hybridized carbons (Fsp3) is 0.632. The second kappa shape index (κ2) is 10.3. The lowest BCUT2D eigenvalue weighted by Crippen LogP contribution is -2.43. The molecule has 134 valence electrons. The van der Waals surface area contributed by atoms with Crippen molar-refractivity contribution in [2.24, 2.45) is 0 Å². The molecule has 1 heterocycles. The highest BCUT2D eigenvalue weighted by Crippen LogP contribution is 2.14. The number of amides is 1. The summed E-state index contributed by atoms with van der Waals surface area (Å²) < 4.78 is 10.8. The van der Waals surface area contributed by atoms with Gasteiger partial charge in [0.25, 0.3) is 0 Å². The second-order valence-electron chi connectivity index (χ2n) is 6.32. The number of rotatable bonds is 9. The van der Waals surface area contributed by atoms with E-state index in [1.54, 1.807) is 7.11 Å². The number of piperidine rings is 1. The van der Waals surface area contributed by atoms with Crippen LogP contribution in [0.25, 0.3) is 0 Å². The highest BCUT2D eigenvalue weighted by Gasteiger charge is 2.21. The van der Waals surface area contributed by atoms with Gasteiger partial charge in [-0.3, -0.25) is 4.79 Å². The smallest absolute Gasteiger partial charge is 0.222 e. The van der Waals surface area contributed by atoms with Gasteiger partial charge in [0, 0.05) is 26.6 Å². The van der Waals surface area contributed by atoms with Crippen LogP contribution in [-0.4, -0.2) is 57.3 Å². The molecule has 24 heavy (non-hydrogen) atoms. The van der Waals surface area contributed by atoms with E-state index in [2.05, 4.69) is 17.4 Å². The summed E-state index contributed by atoms with van der Waals surface area (Å²) in [5, 5.41) is 3.33. The van der Waals surface area contributed by atoms with Crippen molar-refractivity contribution in [3.05, 3.63) is 29.8 Å². The fourth-order valence-corrected chi connectivity index (χ4v) is 2.96. The number of hydrogen-bond donors (Lipinski definition) is 1. The van der Waals surface area contributed by atoms with Crippen LogP contribution in [0.4, 0.5) is 0 Å². The average molecular weight is 334 g/mol. The number of ether oxygens (including phenoxy) is 2. The van der Waals surface area contributed by atoms with E-state index in [0.717, 1.165) is 51.1 Å². The molecular weight excluding hydrogens is 304 g/mol. The van der Waals surface area contributed by atoms with Crippen LogP contribution in [0.5, 0.6) is 5.75 Å². The Labute approximate surface area is 145 Å². The zero-order chi connectivity index (χ0) is 17.2. The molecule has 0 saturated carbocycles. The van der Waals surface area contributed by atoms with E-state index >= 15 is 0 Å². The van der Waals surface area contributed by atoms with Crippen molar-refractivity contribution in [2.45, 2.75) is 38.1 Å². The summed E-state index contributed by atoms with van der Waals surface area (Å²) in [7, 11) is 3.64. The van der Waals surface area contributed by atoms with Gasteiger partial charge < -0.3 is 19.7 Å². The van der Waals surface area contributed by atoms with Crippen LogP contribution in [0.2, 0.25) is 0 Å². The summed E-state index contributed by atoms with van der Waals surface area (Å²) >= 11 is 0. The number of methoxy groups -OCH3 is 1. The van der Waals surface area contributed by atoms with Gasteiger partial charge in [-0.2, -0.15) is 0 Å². The van der Waals surface area contributed by atoms with Crippen molar-refractivity contribution in [1.82, 2.24) is 10.2 Å². The molecule has 5 heteroatoms. The number of carbonyl (C=O) groups is 1. The predicted molar refractivity (Wildman–Crippen MR) is 95.4 cm³/mol. The minimum Gasteiger partial charge on any atom is -0.494 e. The van der Waals surface area contributed by atoms with Gasteiger partial charge in [0.2, 0.25) is 5.91 Å². The zero-order valence-corrected chi connectivity index (χ0v) is 14.9. The van der Waals surface area contributed by atoms with Crippen molar-refractivity contribution in [3.63, 3.8) is 0 Å². The van der Waals surface area contributed by atoms with E-state index in [1.807, 2.05) is 24.1 Å². The monoisotopic (exact) mass is 334 g/mol. The largest absolute Gasteiger partial charge is 0.494 e. The average Bonchev–Trinajstić information content (AvgIpc) is 2.64. The molecule has 1 aliphatic rings. The number of hydrogen-bond acceptors (Lipinski definition) is 4. The maximum absolute atomic E-state index is 12.2. The molecule has 2 rings (SSSR count). The molecule has 1 aromatic carbocycles. The molecule has 1 aromatic rings. The van der Waals surface area contributed by atoms with Crippen molar-refractivity contribution in [2.75, 3.05) is 40.5 Å². The van der Waals surface area contributed by atoms with Gasteiger partial charge in [0.15, 0.2) is 0 Å². The zero-order valence-electron chi connectivity index (χ0n) is 14.9. The van der Waals surface area contributed by atoms with Crippen LogP contribution < -0.4 is 10.1 Å². The van der Waals surface area contributed by atoms with Gasteiger partial charge in [-0.15, -0.1) is 0 Å². The van der Waals surface area contributed by atoms with Crippen molar-refractivity contribution >= 4 is 5.91 Å². The molecule has 0 radical (unpaired) electrons. The van der Waals surface area contributed by atoms with E-state index in [-0.39, 0.29) is 5.91 Å². The highest BCUT2D eigenvalue weighted by atomic mass is 16.5. The summed E-state index contributed by atoms with van der Waals surface area (Å²) in [6.45, 7) is 3.31. The van der Waals surface area contributed by atoms with Crippen LogP contribution >= 0.6 is 0 Å². The van der Waals surface area contributed by atoms with E-state index in [4.69, 9.17) is 9.47 Å². The van der Waals surface area contributed by atoms with Crippen LogP contribution in [-0.2, 0) is 16.0 Å². The quantitative estimate of drug-likeness (QED) is 0.704. The molecule has 0 bridgehead atoms. The molecule has 0 spiro atoms. The highest BCUT2D eigenvalue weighted by molar-refractivity contribution is 5.76. The SMILES string of the molecule is COCCc1ccc(OCCCC(=O)N(C)C2CCNCC2)cc1. The molecule has 1 aliphatic heterocycles. The van der Waals surface area contributed by atoms with Crippen LogP contribution in [0.15, 0.2) is 24.3 Å². The number of benzene rings is 1. The number of nitrogens with one attached hydrogen (secondary N) is 1. The summed E-state index contributed by atoms with van der Waals surface area (Å²) in [6, 6.07) is 8.47. The lowest BCUT2D eigenvalue weighted by molar-refractivity contribution is -0.132. The summed E-state index contributed by atoms with van der Waals surface area (Å²) in [5.74, 6) is 1.08.